The van der Waals surface area contributed by atoms with Gasteiger partial charge < -0.3 is 0 Å². The van der Waals surface area contributed by atoms with Crippen molar-refractivity contribution in [3.63, 3.8) is 0 Å². The van der Waals surface area contributed by atoms with E-state index in [1.807, 2.05) is 0 Å². The van der Waals surface area contributed by atoms with Crippen molar-refractivity contribution in [1.29, 1.82) is 0 Å². The molecule has 0 aliphatic rings. The first-order chi connectivity index (χ1) is 9.01. The van der Waals surface area contributed by atoms with E-state index >= 15 is 0 Å². The summed E-state index contributed by atoms with van der Waals surface area (Å²) in [7, 11) is 0. The van der Waals surface area contributed by atoms with Crippen molar-refractivity contribution in [2.75, 3.05) is 0 Å². The van der Waals surface area contributed by atoms with Crippen molar-refractivity contribution in [1.82, 2.24) is 5.43 Å². The third-order valence-corrected chi connectivity index (χ3v) is 3.58. The smallest absolute Gasteiger partial charge is 0.0466 e. The average Bonchev–Trinajstić information content (AvgIpc) is 2.38. The second-order valence-electron chi connectivity index (χ2n) is 6.39. The van der Waals surface area contributed by atoms with Gasteiger partial charge in [-0.25, -0.2) is 0 Å². The lowest BCUT2D eigenvalue weighted by Crippen LogP contribution is -2.29. The molecule has 0 fully saturated rings. The summed E-state index contributed by atoms with van der Waals surface area (Å²) >= 11 is 0. The fourth-order valence-corrected chi connectivity index (χ4v) is 2.46. The van der Waals surface area contributed by atoms with E-state index < -0.39 is 0 Å². The molecule has 3 N–H and O–H groups in total. The molecule has 2 aromatic carbocycles. The molecule has 0 radical (unpaired) electrons. The van der Waals surface area contributed by atoms with Crippen LogP contribution in [0.25, 0.3) is 10.8 Å². The van der Waals surface area contributed by atoms with Gasteiger partial charge in [0.15, 0.2) is 0 Å². The molecular weight excluding hydrogens is 232 g/mol. The highest BCUT2D eigenvalue weighted by atomic mass is 15.2. The van der Waals surface area contributed by atoms with Gasteiger partial charge in [0.1, 0.15) is 0 Å². The summed E-state index contributed by atoms with van der Waals surface area (Å²) in [5.74, 6) is 5.78. The minimum atomic E-state index is 0.213. The van der Waals surface area contributed by atoms with E-state index in [0.717, 1.165) is 12.8 Å². The summed E-state index contributed by atoms with van der Waals surface area (Å²) in [5.41, 5.74) is 4.61. The number of fused-ring (bicyclic) bond motifs is 1. The molecule has 0 bridgehead atoms. The molecular formula is C17H24N2. The van der Waals surface area contributed by atoms with Gasteiger partial charge in [-0.05, 0) is 34.6 Å². The van der Waals surface area contributed by atoms with Crippen LogP contribution in [0.4, 0.5) is 0 Å². The lowest BCUT2D eigenvalue weighted by molar-refractivity contribution is 0.334. The van der Waals surface area contributed by atoms with Gasteiger partial charge in [0, 0.05) is 6.04 Å². The van der Waals surface area contributed by atoms with Gasteiger partial charge in [0.05, 0.1) is 0 Å². The molecule has 2 aromatic rings. The summed E-state index contributed by atoms with van der Waals surface area (Å²) < 4.78 is 0. The fraction of sp³-hybridized carbons (Fsp3) is 0.412. The molecule has 2 heteroatoms. The number of hydrazine groups is 1. The topological polar surface area (TPSA) is 38.0 Å². The monoisotopic (exact) mass is 256 g/mol. The van der Waals surface area contributed by atoms with Gasteiger partial charge in [-0.1, -0.05) is 63.2 Å². The zero-order chi connectivity index (χ0) is 13.9. The number of benzene rings is 2. The normalized spacial score (nSPS) is 13.7. The van der Waals surface area contributed by atoms with Crippen molar-refractivity contribution in [3.8, 4) is 0 Å². The third kappa shape index (κ3) is 3.55. The number of hydrogen-bond acceptors (Lipinski definition) is 2. The average molecular weight is 256 g/mol. The molecule has 102 valence electrons. The second-order valence-corrected chi connectivity index (χ2v) is 6.39. The van der Waals surface area contributed by atoms with Gasteiger partial charge >= 0.3 is 0 Å². The van der Waals surface area contributed by atoms with Crippen molar-refractivity contribution in [2.24, 2.45) is 11.3 Å². The molecule has 0 aliphatic carbocycles. The zero-order valence-electron chi connectivity index (χ0n) is 12.1. The Morgan fingerprint density at radius 1 is 1.05 bits per heavy atom. The third-order valence-electron chi connectivity index (χ3n) is 3.58. The summed E-state index contributed by atoms with van der Waals surface area (Å²) in [5, 5.41) is 2.57. The zero-order valence-corrected chi connectivity index (χ0v) is 12.1. The molecule has 2 nitrogen and oxygen atoms in total. The van der Waals surface area contributed by atoms with Crippen molar-refractivity contribution >= 4 is 10.8 Å². The Bertz CT molecular complexity index is 535. The maximum Gasteiger partial charge on any atom is 0.0466 e. The van der Waals surface area contributed by atoms with Crippen molar-refractivity contribution in [2.45, 2.75) is 39.7 Å². The predicted octanol–water partition coefficient (Wildman–Crippen LogP) is 4.17. The number of hydrogen-bond donors (Lipinski definition) is 2. The minimum Gasteiger partial charge on any atom is -0.271 e. The van der Waals surface area contributed by atoms with E-state index in [4.69, 9.17) is 5.84 Å². The van der Waals surface area contributed by atoms with Crippen LogP contribution in [0.15, 0.2) is 42.5 Å². The van der Waals surface area contributed by atoms with Crippen LogP contribution in [-0.4, -0.2) is 0 Å². The van der Waals surface area contributed by atoms with Gasteiger partial charge in [-0.2, -0.15) is 0 Å². The number of nitrogens with one attached hydrogen (secondary N) is 1. The molecule has 0 saturated carbocycles. The Balaban J connectivity index is 2.30. The molecule has 0 heterocycles. The van der Waals surface area contributed by atoms with Crippen LogP contribution in [0.1, 0.15) is 45.2 Å². The van der Waals surface area contributed by atoms with E-state index in [1.54, 1.807) is 0 Å². The largest absolute Gasteiger partial charge is 0.271 e. The molecule has 0 aromatic heterocycles. The summed E-state index contributed by atoms with van der Waals surface area (Å²) in [6, 6.07) is 15.1. The Hall–Kier alpha value is -1.38. The van der Waals surface area contributed by atoms with Crippen LogP contribution in [0.3, 0.4) is 0 Å². The predicted molar refractivity (Wildman–Crippen MR) is 82.7 cm³/mol. The van der Waals surface area contributed by atoms with Crippen LogP contribution in [0.2, 0.25) is 0 Å². The molecule has 1 atom stereocenters. The molecule has 19 heavy (non-hydrogen) atoms. The number of rotatable bonds is 4. The molecule has 0 saturated heterocycles. The van der Waals surface area contributed by atoms with E-state index in [1.165, 1.54) is 16.3 Å². The lowest BCUT2D eigenvalue weighted by Gasteiger charge is -2.24. The van der Waals surface area contributed by atoms with Crippen LogP contribution < -0.4 is 11.3 Å². The Morgan fingerprint density at radius 2 is 1.74 bits per heavy atom. The first kappa shape index (κ1) is 14.0. The molecule has 0 amide bonds. The summed E-state index contributed by atoms with van der Waals surface area (Å²) in [6.45, 7) is 6.80. The maximum atomic E-state index is 5.78. The van der Waals surface area contributed by atoms with Gasteiger partial charge in [0.2, 0.25) is 0 Å². The number of nitrogens with two attached hydrogens (primary N) is 1. The Kier molecular flexibility index (Phi) is 4.23. The lowest BCUT2D eigenvalue weighted by atomic mass is 9.86. The molecule has 1 unspecified atom stereocenters. The van der Waals surface area contributed by atoms with E-state index in [2.05, 4.69) is 68.7 Å². The summed E-state index contributed by atoms with van der Waals surface area (Å²) in [4.78, 5) is 0. The Morgan fingerprint density at radius 3 is 2.42 bits per heavy atom. The standard InChI is InChI=1S/C17H24N2/c1-17(2,3)12-11-16(19-18)15-10-6-8-13-7-4-5-9-14(13)15/h4-10,16,19H,11-12,18H2,1-3H3. The van der Waals surface area contributed by atoms with Crippen LogP contribution in [0, 0.1) is 5.41 Å². The molecule has 2 rings (SSSR count). The minimum absolute atomic E-state index is 0.213. The SMILES string of the molecule is CC(C)(C)CCC(NN)c1cccc2ccccc12. The first-order valence-corrected chi connectivity index (χ1v) is 6.95. The molecule has 0 aliphatic heterocycles. The Labute approximate surface area is 116 Å². The quantitative estimate of drug-likeness (QED) is 0.636. The van der Waals surface area contributed by atoms with E-state index in [-0.39, 0.29) is 6.04 Å². The van der Waals surface area contributed by atoms with Gasteiger partial charge in [-0.15, -0.1) is 0 Å². The maximum absolute atomic E-state index is 5.78. The van der Waals surface area contributed by atoms with Crippen molar-refractivity contribution < 1.29 is 0 Å². The van der Waals surface area contributed by atoms with Crippen LogP contribution in [-0.2, 0) is 0 Å². The molecule has 0 spiro atoms. The first-order valence-electron chi connectivity index (χ1n) is 6.95. The summed E-state index contributed by atoms with van der Waals surface area (Å²) in [6.07, 6.45) is 2.19. The van der Waals surface area contributed by atoms with E-state index in [0.29, 0.717) is 5.41 Å². The van der Waals surface area contributed by atoms with Gasteiger partial charge in [-0.3, -0.25) is 11.3 Å². The van der Waals surface area contributed by atoms with Crippen LogP contribution in [0.5, 0.6) is 0 Å². The van der Waals surface area contributed by atoms with Crippen molar-refractivity contribution in [3.05, 3.63) is 48.0 Å². The fourth-order valence-electron chi connectivity index (χ4n) is 2.46. The highest BCUT2D eigenvalue weighted by Gasteiger charge is 2.17. The van der Waals surface area contributed by atoms with Gasteiger partial charge in [0.25, 0.3) is 0 Å². The second kappa shape index (κ2) is 5.72. The highest BCUT2D eigenvalue weighted by Crippen LogP contribution is 2.30. The van der Waals surface area contributed by atoms with E-state index in [9.17, 15) is 0 Å². The van der Waals surface area contributed by atoms with Crippen LogP contribution >= 0.6 is 0 Å². The highest BCUT2D eigenvalue weighted by molar-refractivity contribution is 5.86.